The fourth-order valence-electron chi connectivity index (χ4n) is 3.10. The van der Waals surface area contributed by atoms with Crippen LogP contribution in [0.15, 0.2) is 34.2 Å². The van der Waals surface area contributed by atoms with E-state index >= 15 is 0 Å². The second-order valence-corrected chi connectivity index (χ2v) is 7.54. The Morgan fingerprint density at radius 1 is 1.31 bits per heavy atom. The number of hydrogen-bond acceptors (Lipinski definition) is 4. The maximum atomic E-state index is 12.9. The van der Waals surface area contributed by atoms with Crippen LogP contribution in [0.2, 0.25) is 0 Å². The Kier molecular flexibility index (Phi) is 6.08. The van der Waals surface area contributed by atoms with Gasteiger partial charge in [-0.3, -0.25) is 9.59 Å². The Morgan fingerprint density at radius 3 is 2.65 bits per heavy atom. The van der Waals surface area contributed by atoms with Gasteiger partial charge in [-0.25, -0.2) is 9.37 Å². The average molecular weight is 375 g/mol. The number of halogens is 1. The first-order valence-electron chi connectivity index (χ1n) is 8.77. The highest BCUT2D eigenvalue weighted by atomic mass is 32.2. The minimum atomic E-state index is -0.277. The van der Waals surface area contributed by atoms with Crippen molar-refractivity contribution in [1.29, 1.82) is 0 Å². The first-order valence-corrected chi connectivity index (χ1v) is 9.76. The van der Waals surface area contributed by atoms with Gasteiger partial charge in [0.25, 0.3) is 5.56 Å². The molecule has 1 aromatic carbocycles. The molecular weight excluding hydrogens is 353 g/mol. The van der Waals surface area contributed by atoms with E-state index in [0.29, 0.717) is 22.2 Å². The molecule has 1 aliphatic carbocycles. The molecule has 0 atom stereocenters. The molecule has 3 rings (SSSR count). The highest BCUT2D eigenvalue weighted by Gasteiger charge is 2.19. The summed E-state index contributed by atoms with van der Waals surface area (Å²) in [6.07, 6.45) is 4.36. The molecule has 1 heterocycles. The number of aryl methyl sites for hydroxylation is 1. The summed E-state index contributed by atoms with van der Waals surface area (Å²) in [5.74, 6) is 0.171. The highest BCUT2D eigenvalue weighted by molar-refractivity contribution is 7.98. The summed E-state index contributed by atoms with van der Waals surface area (Å²) in [6, 6.07) is 6.46. The van der Waals surface area contributed by atoms with Gasteiger partial charge in [-0.05, 0) is 37.5 Å². The summed E-state index contributed by atoms with van der Waals surface area (Å²) in [4.78, 5) is 31.7. The van der Waals surface area contributed by atoms with E-state index in [0.717, 1.165) is 31.2 Å². The second kappa shape index (κ2) is 8.49. The standard InChI is InChI=1S/C19H22FN3O2S/c1-12-16(10-17(24)22-15-4-2-3-5-15)18(25)23-19(21-12)26-11-13-6-8-14(20)9-7-13/h6-9,15H,2-5,10-11H2,1H3,(H,22,24)(H,21,23,25). The Labute approximate surface area is 155 Å². The largest absolute Gasteiger partial charge is 0.353 e. The molecule has 0 unspecified atom stereocenters. The topological polar surface area (TPSA) is 74.8 Å². The predicted molar refractivity (Wildman–Crippen MR) is 99.7 cm³/mol. The zero-order valence-corrected chi connectivity index (χ0v) is 15.5. The monoisotopic (exact) mass is 375 g/mol. The predicted octanol–water partition coefficient (Wildman–Crippen LogP) is 3.11. The summed E-state index contributed by atoms with van der Waals surface area (Å²) in [7, 11) is 0. The van der Waals surface area contributed by atoms with Crippen LogP contribution in [0.5, 0.6) is 0 Å². The van der Waals surface area contributed by atoms with E-state index in [1.165, 1.54) is 23.9 Å². The minimum absolute atomic E-state index is 0.0492. The molecule has 26 heavy (non-hydrogen) atoms. The summed E-state index contributed by atoms with van der Waals surface area (Å²) in [5.41, 5.74) is 1.64. The van der Waals surface area contributed by atoms with Crippen molar-refractivity contribution in [2.45, 2.75) is 56.0 Å². The van der Waals surface area contributed by atoms with E-state index in [-0.39, 0.29) is 29.7 Å². The molecule has 1 aliphatic rings. The van der Waals surface area contributed by atoms with Gasteiger partial charge < -0.3 is 10.3 Å². The van der Waals surface area contributed by atoms with Gasteiger partial charge in [0.05, 0.1) is 6.42 Å². The smallest absolute Gasteiger partial charge is 0.255 e. The first kappa shape index (κ1) is 18.6. The second-order valence-electron chi connectivity index (χ2n) is 6.58. The van der Waals surface area contributed by atoms with E-state index in [1.54, 1.807) is 19.1 Å². The minimum Gasteiger partial charge on any atom is -0.353 e. The average Bonchev–Trinajstić information content (AvgIpc) is 3.10. The van der Waals surface area contributed by atoms with Crippen LogP contribution in [0.3, 0.4) is 0 Å². The van der Waals surface area contributed by atoms with E-state index in [1.807, 2.05) is 0 Å². The summed E-state index contributed by atoms with van der Waals surface area (Å²) >= 11 is 1.37. The number of carbonyl (C=O) groups is 1. The van der Waals surface area contributed by atoms with Crippen molar-refractivity contribution in [3.63, 3.8) is 0 Å². The number of nitrogens with zero attached hydrogens (tertiary/aromatic N) is 1. The normalized spacial score (nSPS) is 14.5. The van der Waals surface area contributed by atoms with Crippen LogP contribution in [-0.4, -0.2) is 21.9 Å². The number of carbonyl (C=O) groups excluding carboxylic acids is 1. The molecule has 7 heteroatoms. The number of thioether (sulfide) groups is 1. The Balaban J connectivity index is 1.62. The lowest BCUT2D eigenvalue weighted by molar-refractivity contribution is -0.121. The maximum Gasteiger partial charge on any atom is 0.255 e. The zero-order valence-electron chi connectivity index (χ0n) is 14.7. The fourth-order valence-corrected chi connectivity index (χ4v) is 3.97. The van der Waals surface area contributed by atoms with Crippen molar-refractivity contribution in [2.75, 3.05) is 0 Å². The molecule has 0 radical (unpaired) electrons. The Hall–Kier alpha value is -2.15. The first-order chi connectivity index (χ1) is 12.5. The third kappa shape index (κ3) is 4.94. The number of hydrogen-bond donors (Lipinski definition) is 2. The van der Waals surface area contributed by atoms with Gasteiger partial charge in [0, 0.05) is 23.1 Å². The number of amides is 1. The lowest BCUT2D eigenvalue weighted by atomic mass is 10.1. The maximum absolute atomic E-state index is 12.9. The summed E-state index contributed by atoms with van der Waals surface area (Å²) in [5, 5.41) is 3.49. The molecule has 1 saturated carbocycles. The van der Waals surface area contributed by atoms with Gasteiger partial charge >= 0.3 is 0 Å². The van der Waals surface area contributed by atoms with Crippen LogP contribution in [0.25, 0.3) is 0 Å². The highest BCUT2D eigenvalue weighted by Crippen LogP contribution is 2.20. The van der Waals surface area contributed by atoms with Crippen LogP contribution < -0.4 is 10.9 Å². The van der Waals surface area contributed by atoms with Crippen molar-refractivity contribution in [3.8, 4) is 0 Å². The van der Waals surface area contributed by atoms with Crippen molar-refractivity contribution >= 4 is 17.7 Å². The van der Waals surface area contributed by atoms with Gasteiger partial charge in [-0.2, -0.15) is 0 Å². The van der Waals surface area contributed by atoms with E-state index in [4.69, 9.17) is 0 Å². The Bertz CT molecular complexity index is 830. The van der Waals surface area contributed by atoms with Crippen molar-refractivity contribution in [2.24, 2.45) is 0 Å². The van der Waals surface area contributed by atoms with Gasteiger partial charge in [-0.15, -0.1) is 0 Å². The van der Waals surface area contributed by atoms with Crippen LogP contribution in [0, 0.1) is 12.7 Å². The van der Waals surface area contributed by atoms with Gasteiger partial charge in [0.1, 0.15) is 5.82 Å². The van der Waals surface area contributed by atoms with Crippen molar-refractivity contribution in [3.05, 3.63) is 57.3 Å². The van der Waals surface area contributed by atoms with Crippen LogP contribution in [-0.2, 0) is 17.0 Å². The Morgan fingerprint density at radius 2 is 2.00 bits per heavy atom. The molecule has 0 bridgehead atoms. The lowest BCUT2D eigenvalue weighted by Crippen LogP contribution is -2.35. The third-order valence-corrected chi connectivity index (χ3v) is 5.49. The molecule has 2 N–H and O–H groups in total. The van der Waals surface area contributed by atoms with Gasteiger partial charge in [0.15, 0.2) is 5.16 Å². The quantitative estimate of drug-likeness (QED) is 0.601. The number of rotatable bonds is 6. The molecule has 1 amide bonds. The number of aromatic amines is 1. The van der Waals surface area contributed by atoms with E-state index < -0.39 is 0 Å². The molecular formula is C19H22FN3O2S. The molecule has 138 valence electrons. The van der Waals surface area contributed by atoms with Crippen LogP contribution >= 0.6 is 11.8 Å². The third-order valence-electron chi connectivity index (χ3n) is 4.55. The van der Waals surface area contributed by atoms with Crippen LogP contribution in [0.4, 0.5) is 4.39 Å². The van der Waals surface area contributed by atoms with Crippen molar-refractivity contribution < 1.29 is 9.18 Å². The molecule has 1 fully saturated rings. The van der Waals surface area contributed by atoms with E-state index in [2.05, 4.69) is 15.3 Å². The molecule has 1 aromatic heterocycles. The lowest BCUT2D eigenvalue weighted by Gasteiger charge is -2.12. The molecule has 0 saturated heterocycles. The number of benzene rings is 1. The van der Waals surface area contributed by atoms with Crippen LogP contribution in [0.1, 0.15) is 42.5 Å². The fraction of sp³-hybridized carbons (Fsp3) is 0.421. The van der Waals surface area contributed by atoms with E-state index in [9.17, 15) is 14.0 Å². The summed E-state index contributed by atoms with van der Waals surface area (Å²) in [6.45, 7) is 1.75. The number of aromatic nitrogens is 2. The number of H-pyrrole nitrogens is 1. The molecule has 5 nitrogen and oxygen atoms in total. The van der Waals surface area contributed by atoms with Crippen molar-refractivity contribution in [1.82, 2.24) is 15.3 Å². The van der Waals surface area contributed by atoms with Gasteiger partial charge in [-0.1, -0.05) is 36.7 Å². The molecule has 0 aliphatic heterocycles. The SMILES string of the molecule is Cc1nc(SCc2ccc(F)cc2)[nH]c(=O)c1CC(=O)NC1CCCC1. The molecule has 2 aromatic rings. The zero-order chi connectivity index (χ0) is 18.5. The summed E-state index contributed by atoms with van der Waals surface area (Å²) < 4.78 is 12.9. The number of nitrogens with one attached hydrogen (secondary N) is 2. The van der Waals surface area contributed by atoms with Gasteiger partial charge in [0.2, 0.25) is 5.91 Å². The molecule has 0 spiro atoms.